The van der Waals surface area contributed by atoms with E-state index in [-0.39, 0.29) is 30.4 Å². The average molecular weight is 743 g/mol. The van der Waals surface area contributed by atoms with Gasteiger partial charge in [0.15, 0.2) is 0 Å². The Bertz CT molecular complexity index is 1830. The SMILES string of the molecule is C=C(CC(=O)CCC)OC(CC1=CCCC=C1)c1cc2c(s1)C=C1CC(=CS2)C2c3sc(C(CC4=CCCC=C4)OC(=O)CCC)cc3SC12. The second-order valence-corrected chi connectivity index (χ2v) is 18.1. The lowest BCUT2D eigenvalue weighted by molar-refractivity contribution is -0.149. The van der Waals surface area contributed by atoms with E-state index in [2.05, 4.69) is 66.7 Å². The number of hydrogen-bond donors (Lipinski definition) is 0. The van der Waals surface area contributed by atoms with Crippen molar-refractivity contribution in [1.82, 2.24) is 0 Å². The molecule has 4 unspecified atom stereocenters. The smallest absolute Gasteiger partial charge is 0.306 e. The van der Waals surface area contributed by atoms with Crippen LogP contribution in [0, 0.1) is 0 Å². The van der Waals surface area contributed by atoms with Gasteiger partial charge in [0.1, 0.15) is 18.0 Å². The average Bonchev–Trinajstić information content (AvgIpc) is 3.85. The molecule has 262 valence electrons. The molecule has 1 saturated carbocycles. The third-order valence-corrected chi connectivity index (χ3v) is 14.9. The van der Waals surface area contributed by atoms with Crippen molar-refractivity contribution in [3.8, 4) is 0 Å². The zero-order chi connectivity index (χ0) is 34.6. The number of thiophene rings is 2. The summed E-state index contributed by atoms with van der Waals surface area (Å²) in [7, 11) is 0. The molecule has 50 heavy (non-hydrogen) atoms. The molecule has 4 heterocycles. The molecule has 3 aliphatic carbocycles. The van der Waals surface area contributed by atoms with Gasteiger partial charge in [0.25, 0.3) is 0 Å². The molecule has 2 bridgehead atoms. The third-order valence-electron chi connectivity index (χ3n) is 9.73. The van der Waals surface area contributed by atoms with E-state index in [1.54, 1.807) is 0 Å². The molecular weight excluding hydrogens is 697 g/mol. The van der Waals surface area contributed by atoms with Crippen LogP contribution in [0.1, 0.15) is 129 Å². The molecule has 2 aromatic rings. The number of thioether (sulfide) groups is 2. The lowest BCUT2D eigenvalue weighted by Gasteiger charge is -2.21. The largest absolute Gasteiger partial charge is 0.489 e. The first kappa shape index (κ1) is 35.6. The van der Waals surface area contributed by atoms with Gasteiger partial charge >= 0.3 is 5.97 Å². The van der Waals surface area contributed by atoms with Gasteiger partial charge in [0.2, 0.25) is 0 Å². The van der Waals surface area contributed by atoms with Crippen LogP contribution in [0.15, 0.2) is 98.4 Å². The summed E-state index contributed by atoms with van der Waals surface area (Å²) >= 11 is 7.50. The van der Waals surface area contributed by atoms with Gasteiger partial charge < -0.3 is 9.47 Å². The van der Waals surface area contributed by atoms with Crippen LogP contribution in [0.5, 0.6) is 0 Å². The van der Waals surface area contributed by atoms with Crippen molar-refractivity contribution >= 4 is 64.0 Å². The van der Waals surface area contributed by atoms with E-state index in [0.717, 1.165) is 57.8 Å². The number of fused-ring (bicyclic) bond motifs is 8. The van der Waals surface area contributed by atoms with E-state index in [9.17, 15) is 9.59 Å². The lowest BCUT2D eigenvalue weighted by Crippen LogP contribution is -2.11. The van der Waals surface area contributed by atoms with Gasteiger partial charge in [-0.3, -0.25) is 9.59 Å². The quantitative estimate of drug-likeness (QED) is 0.134. The second kappa shape index (κ2) is 16.3. The number of rotatable bonds is 15. The normalized spacial score (nSPS) is 21.4. The van der Waals surface area contributed by atoms with E-state index >= 15 is 0 Å². The summed E-state index contributed by atoms with van der Waals surface area (Å²) in [5.41, 5.74) is 5.51. The Kier molecular flexibility index (Phi) is 11.6. The van der Waals surface area contributed by atoms with Crippen LogP contribution in [0.2, 0.25) is 0 Å². The Morgan fingerprint density at radius 1 is 0.860 bits per heavy atom. The van der Waals surface area contributed by atoms with Gasteiger partial charge in [-0.05, 0) is 85.3 Å². The Hall–Kier alpha value is -2.78. The van der Waals surface area contributed by atoms with Gasteiger partial charge in [-0.15, -0.1) is 34.4 Å². The predicted molar refractivity (Wildman–Crippen MR) is 211 cm³/mol. The number of ether oxygens (including phenoxy) is 2. The number of carbonyl (C=O) groups is 2. The zero-order valence-corrected chi connectivity index (χ0v) is 32.3. The minimum absolute atomic E-state index is 0.106. The maximum Gasteiger partial charge on any atom is 0.306 e. The summed E-state index contributed by atoms with van der Waals surface area (Å²) in [4.78, 5) is 32.8. The van der Waals surface area contributed by atoms with Crippen LogP contribution in [0.25, 0.3) is 6.08 Å². The van der Waals surface area contributed by atoms with Crippen molar-refractivity contribution in [1.29, 1.82) is 0 Å². The van der Waals surface area contributed by atoms with Gasteiger partial charge in [-0.25, -0.2) is 0 Å². The molecule has 0 spiro atoms. The minimum atomic E-state index is -0.243. The Morgan fingerprint density at radius 3 is 2.22 bits per heavy atom. The van der Waals surface area contributed by atoms with Crippen molar-refractivity contribution in [3.63, 3.8) is 0 Å². The summed E-state index contributed by atoms with van der Waals surface area (Å²) < 4.78 is 12.6. The first-order chi connectivity index (χ1) is 24.4. The van der Waals surface area contributed by atoms with E-state index in [4.69, 9.17) is 9.47 Å². The van der Waals surface area contributed by atoms with Crippen molar-refractivity contribution in [3.05, 3.63) is 108 Å². The molecule has 7 rings (SSSR count). The first-order valence-electron chi connectivity index (χ1n) is 18.1. The summed E-state index contributed by atoms with van der Waals surface area (Å²) in [6, 6.07) is 4.63. The molecular formula is C42H46O4S4. The van der Waals surface area contributed by atoms with E-state index in [0.29, 0.717) is 29.8 Å². The zero-order valence-electron chi connectivity index (χ0n) is 29.0. The Labute approximate surface area is 313 Å². The second-order valence-electron chi connectivity index (χ2n) is 13.7. The first-order valence-corrected chi connectivity index (χ1v) is 21.5. The number of Topliss-reactive ketones (excluding diaryl/α,β-unsaturated/α-hetero) is 1. The highest BCUT2D eigenvalue weighted by molar-refractivity contribution is 8.02. The van der Waals surface area contributed by atoms with Gasteiger partial charge in [0, 0.05) is 66.2 Å². The maximum absolute atomic E-state index is 12.7. The molecule has 4 atom stereocenters. The van der Waals surface area contributed by atoms with Crippen molar-refractivity contribution in [2.24, 2.45) is 0 Å². The molecule has 5 aliphatic rings. The lowest BCUT2D eigenvalue weighted by atomic mass is 10.00. The Balaban J connectivity index is 1.12. The van der Waals surface area contributed by atoms with E-state index in [1.807, 2.05) is 60.0 Å². The van der Waals surface area contributed by atoms with E-state index < -0.39 is 0 Å². The van der Waals surface area contributed by atoms with Crippen LogP contribution in [-0.4, -0.2) is 17.0 Å². The number of carbonyl (C=O) groups excluding carboxylic acids is 2. The highest BCUT2D eigenvalue weighted by atomic mass is 32.2. The van der Waals surface area contributed by atoms with Crippen molar-refractivity contribution < 1.29 is 19.1 Å². The molecule has 2 aliphatic heterocycles. The molecule has 1 fully saturated rings. The fourth-order valence-electron chi connectivity index (χ4n) is 7.35. The Morgan fingerprint density at radius 2 is 1.54 bits per heavy atom. The molecule has 0 aromatic carbocycles. The van der Waals surface area contributed by atoms with Crippen LogP contribution >= 0.6 is 46.2 Å². The fraction of sp³-hybridized carbons (Fsp3) is 0.429. The van der Waals surface area contributed by atoms with Gasteiger partial charge in [-0.1, -0.05) is 74.2 Å². The van der Waals surface area contributed by atoms with Crippen LogP contribution < -0.4 is 0 Å². The number of allylic oxidation sites excluding steroid dienone is 8. The van der Waals surface area contributed by atoms with Gasteiger partial charge in [0.05, 0.1) is 12.2 Å². The van der Waals surface area contributed by atoms with Crippen LogP contribution in [0.3, 0.4) is 0 Å². The predicted octanol–water partition coefficient (Wildman–Crippen LogP) is 12.9. The maximum atomic E-state index is 12.7. The van der Waals surface area contributed by atoms with Crippen LogP contribution in [-0.2, 0) is 19.1 Å². The van der Waals surface area contributed by atoms with Crippen molar-refractivity contribution in [2.45, 2.75) is 124 Å². The van der Waals surface area contributed by atoms with E-state index in [1.165, 1.54) is 51.6 Å². The molecule has 8 heteroatoms. The minimum Gasteiger partial charge on any atom is -0.489 e. The molecule has 0 radical (unpaired) electrons. The number of esters is 1. The molecule has 4 nitrogen and oxygen atoms in total. The molecule has 0 amide bonds. The summed E-state index contributed by atoms with van der Waals surface area (Å²) in [5, 5.41) is 2.80. The highest BCUT2D eigenvalue weighted by Crippen LogP contribution is 2.62. The summed E-state index contributed by atoms with van der Waals surface area (Å²) in [6.07, 6.45) is 25.2. The van der Waals surface area contributed by atoms with Crippen LogP contribution in [0.4, 0.5) is 0 Å². The van der Waals surface area contributed by atoms with Gasteiger partial charge in [-0.2, -0.15) is 0 Å². The molecule has 2 aromatic heterocycles. The highest BCUT2D eigenvalue weighted by Gasteiger charge is 2.45. The summed E-state index contributed by atoms with van der Waals surface area (Å²) in [6.45, 7) is 8.22. The van der Waals surface area contributed by atoms with Crippen molar-refractivity contribution in [2.75, 3.05) is 0 Å². The monoisotopic (exact) mass is 742 g/mol. The molecule has 0 saturated heterocycles. The fourth-order valence-corrected chi connectivity index (χ4v) is 12.8. The topological polar surface area (TPSA) is 52.6 Å². The summed E-state index contributed by atoms with van der Waals surface area (Å²) in [5.74, 6) is 1.01. The molecule has 0 N–H and O–H groups in total. The third kappa shape index (κ3) is 8.14. The number of ketones is 1. The standard InChI is InChI=1S/C42H46O4S4/c1-4-12-31(43)18-26(3)45-32(19-27-14-8-6-9-15-27)34-23-36-37(48-34)22-29-21-30(25-47-36)40-41(29)50-38-24-35(49-42(38)40)33(46-39(44)13-5-2)20-28-16-10-7-11-17-28/h8,10,14-17,22-25,32-33,40-41H,3-7,9,11-13,18-21H2,1-2H3. The number of hydrogen-bond acceptors (Lipinski definition) is 8.